The molecule has 114 heavy (non-hydrogen) atoms. The molecule has 0 fully saturated rings. The van der Waals surface area contributed by atoms with E-state index in [4.69, 9.17) is 0 Å². The second-order valence-electron chi connectivity index (χ2n) is 32.9. The minimum atomic E-state index is -0.277. The molecule has 0 spiro atoms. The van der Waals surface area contributed by atoms with E-state index < -0.39 is 0 Å². The highest BCUT2D eigenvalue weighted by atomic mass is 15.2. The first-order valence-corrected chi connectivity index (χ1v) is 39.9. The fourth-order valence-electron chi connectivity index (χ4n) is 17.6. The van der Waals surface area contributed by atoms with Gasteiger partial charge in [-0.3, -0.25) is 0 Å². The summed E-state index contributed by atoms with van der Waals surface area (Å²) in [5, 5.41) is 2.45. The monoisotopic (exact) mass is 1460 g/mol. The molecule has 0 unspecified atom stereocenters. The van der Waals surface area contributed by atoms with E-state index in [1.54, 1.807) is 0 Å². The van der Waals surface area contributed by atoms with Crippen molar-refractivity contribution >= 4 is 79.0 Å². The number of hydrogen-bond acceptors (Lipinski definition) is 2. The van der Waals surface area contributed by atoms with Crippen molar-refractivity contribution in [1.82, 2.24) is 4.57 Å². The number of hydrogen-bond donors (Lipinski definition) is 0. The van der Waals surface area contributed by atoms with Crippen molar-refractivity contribution < 1.29 is 0 Å². The topological polar surface area (TPSA) is 11.4 Å². The van der Waals surface area contributed by atoms with Crippen molar-refractivity contribution in [3.05, 3.63) is 412 Å². The SMILES string of the molecule is CC(C)(C)c1ccc2c3ccc(C(C)(C)C)cc3n(-c3cc4c5c(c3)N(c3cc(-c6ccccc6)cc(-c6ccccc6)c3)c3ccc(-c6ccc(-c7ccc(-c8ccccc8)cc7)cc6)cc3B5c3cc(-c5ccc(-c6ccc(-c7ccccc7)cc6)cc5)ccc3N4c3cc(-c4ccccc4)cc(-c4ccccc4)c3)c2c1. The van der Waals surface area contributed by atoms with Gasteiger partial charge >= 0.3 is 0 Å². The smallest absolute Gasteiger partial charge is 0.252 e. The van der Waals surface area contributed by atoms with Gasteiger partial charge in [0.1, 0.15) is 0 Å². The molecule has 0 radical (unpaired) electrons. The summed E-state index contributed by atoms with van der Waals surface area (Å²) in [5.41, 5.74) is 39.3. The number of nitrogens with zero attached hydrogens (tertiary/aromatic N) is 3. The maximum absolute atomic E-state index is 2.64. The number of rotatable bonds is 13. The van der Waals surface area contributed by atoms with Crippen molar-refractivity contribution in [2.24, 2.45) is 0 Å². The first-order valence-electron chi connectivity index (χ1n) is 39.9. The van der Waals surface area contributed by atoms with Crippen LogP contribution < -0.4 is 26.2 Å². The zero-order valence-corrected chi connectivity index (χ0v) is 65.0. The molecule has 0 saturated heterocycles. The van der Waals surface area contributed by atoms with Crippen molar-refractivity contribution in [2.75, 3.05) is 9.80 Å². The van der Waals surface area contributed by atoms with Gasteiger partial charge in [-0.2, -0.15) is 0 Å². The Labute approximate surface area is 669 Å². The molecule has 2 aliphatic heterocycles. The summed E-state index contributed by atoms with van der Waals surface area (Å²) < 4.78 is 2.61. The average molecular weight is 1460 g/mol. The van der Waals surface area contributed by atoms with Crippen LogP contribution in [0.25, 0.3) is 139 Å². The zero-order valence-electron chi connectivity index (χ0n) is 65.0. The third-order valence-electron chi connectivity index (χ3n) is 23.7. The number of fused-ring (bicyclic) bond motifs is 7. The Bertz CT molecular complexity index is 6140. The summed E-state index contributed by atoms with van der Waals surface area (Å²) in [5.74, 6) is 0. The van der Waals surface area contributed by atoms with E-state index in [9.17, 15) is 0 Å². The van der Waals surface area contributed by atoms with E-state index in [0.717, 1.165) is 107 Å². The normalized spacial score (nSPS) is 12.4. The number of anilines is 6. The molecule has 20 rings (SSSR count). The predicted molar refractivity (Wildman–Crippen MR) is 487 cm³/mol. The second-order valence-corrected chi connectivity index (χ2v) is 32.9. The van der Waals surface area contributed by atoms with E-state index in [0.29, 0.717) is 0 Å². The third-order valence-corrected chi connectivity index (χ3v) is 23.7. The van der Waals surface area contributed by atoms with Gasteiger partial charge in [-0.1, -0.05) is 369 Å². The Morgan fingerprint density at radius 3 is 0.711 bits per heavy atom. The van der Waals surface area contributed by atoms with Crippen LogP contribution in [0.4, 0.5) is 34.1 Å². The van der Waals surface area contributed by atoms with Crippen molar-refractivity contribution in [1.29, 1.82) is 0 Å². The first-order chi connectivity index (χ1) is 55.7. The van der Waals surface area contributed by atoms with E-state index >= 15 is 0 Å². The summed E-state index contributed by atoms with van der Waals surface area (Å²) in [6.45, 7) is 13.8. The molecule has 0 atom stereocenters. The second kappa shape index (κ2) is 28.2. The molecular formula is C110H84BN3. The lowest BCUT2D eigenvalue weighted by molar-refractivity contribution is 0.591. The Morgan fingerprint density at radius 1 is 0.193 bits per heavy atom. The molecule has 4 heteroatoms. The van der Waals surface area contributed by atoms with E-state index in [-0.39, 0.29) is 17.5 Å². The van der Waals surface area contributed by atoms with Gasteiger partial charge in [-0.05, 0) is 222 Å². The summed E-state index contributed by atoms with van der Waals surface area (Å²) in [7, 11) is 0. The van der Waals surface area contributed by atoms with E-state index in [1.165, 1.54) is 93.8 Å². The zero-order chi connectivity index (χ0) is 76.8. The lowest BCUT2D eigenvalue weighted by Crippen LogP contribution is -2.61. The number of aromatic nitrogens is 1. The highest BCUT2D eigenvalue weighted by Crippen LogP contribution is 2.51. The fraction of sp³-hybridized carbons (Fsp3) is 0.0727. The van der Waals surface area contributed by atoms with Crippen LogP contribution in [0.5, 0.6) is 0 Å². The Morgan fingerprint density at radius 2 is 0.439 bits per heavy atom. The largest absolute Gasteiger partial charge is 0.311 e. The molecule has 2 aliphatic rings. The molecule has 17 aromatic carbocycles. The molecule has 0 aliphatic carbocycles. The van der Waals surface area contributed by atoms with Crippen molar-refractivity contribution in [2.45, 2.75) is 52.4 Å². The van der Waals surface area contributed by atoms with Gasteiger partial charge in [0, 0.05) is 44.9 Å². The molecule has 542 valence electrons. The Hall–Kier alpha value is -13.8. The van der Waals surface area contributed by atoms with Crippen LogP contribution in [-0.4, -0.2) is 11.3 Å². The standard InChI is InChI=1S/C110H84BN3/c1-109(2,3)93-55-57-98-99-58-56-94(110(4,5)6)70-105(99)114(104(98)69-93)97-71-106-108-107(72-97)113(96-65-91(77-33-21-11-22-34-77)62-92(66-96)78-35-23-12-24-36-78)103-60-54-88(86-51-47-84(48-52-86)82-43-39-80(40-44-82)74-27-15-8-16-28-74)68-101(103)111(108)100-67-87(85-49-45-83(46-50-85)81-41-37-79(38-42-81)73-25-13-7-14-26-73)53-59-102(100)112(106)95-63-89(75-29-17-9-18-30-75)61-90(64-95)76-31-19-10-20-32-76/h7-72H,1-6H3. The maximum atomic E-state index is 2.64. The molecular weight excluding hydrogens is 1370 g/mol. The highest BCUT2D eigenvalue weighted by Gasteiger charge is 2.45. The lowest BCUT2D eigenvalue weighted by Gasteiger charge is -2.45. The summed E-state index contributed by atoms with van der Waals surface area (Å²) in [4.78, 5) is 5.28. The van der Waals surface area contributed by atoms with Gasteiger partial charge in [-0.25, -0.2) is 0 Å². The lowest BCUT2D eigenvalue weighted by atomic mass is 9.33. The molecule has 0 bridgehead atoms. The molecule has 3 heterocycles. The van der Waals surface area contributed by atoms with E-state index in [1.807, 2.05) is 0 Å². The van der Waals surface area contributed by atoms with Crippen molar-refractivity contribution in [3.8, 4) is 117 Å². The van der Waals surface area contributed by atoms with Crippen LogP contribution in [0.2, 0.25) is 0 Å². The highest BCUT2D eigenvalue weighted by molar-refractivity contribution is 7.00. The van der Waals surface area contributed by atoms with Crippen molar-refractivity contribution in [3.63, 3.8) is 0 Å². The Kier molecular flexibility index (Phi) is 17.2. The average Bonchev–Trinajstić information content (AvgIpc) is 0.937. The molecule has 0 amide bonds. The van der Waals surface area contributed by atoms with E-state index in [2.05, 4.69) is 456 Å². The summed E-state index contributed by atoms with van der Waals surface area (Å²) in [6.07, 6.45) is 0. The van der Waals surface area contributed by atoms with Gasteiger partial charge < -0.3 is 14.4 Å². The molecule has 0 N–H and O–H groups in total. The minimum absolute atomic E-state index is 0.130. The molecule has 3 nitrogen and oxygen atoms in total. The van der Waals surface area contributed by atoms with Crippen LogP contribution in [-0.2, 0) is 10.8 Å². The van der Waals surface area contributed by atoms with Gasteiger partial charge in [-0.15, -0.1) is 0 Å². The number of benzene rings is 17. The van der Waals surface area contributed by atoms with Crippen LogP contribution in [0.15, 0.2) is 400 Å². The Balaban J connectivity index is 0.880. The molecule has 0 saturated carbocycles. The van der Waals surface area contributed by atoms with Gasteiger partial charge in [0.25, 0.3) is 6.71 Å². The molecule has 1 aromatic heterocycles. The van der Waals surface area contributed by atoms with Crippen LogP contribution >= 0.6 is 0 Å². The van der Waals surface area contributed by atoms with Gasteiger partial charge in [0.05, 0.1) is 16.7 Å². The maximum Gasteiger partial charge on any atom is 0.252 e. The van der Waals surface area contributed by atoms with Crippen LogP contribution in [0.3, 0.4) is 0 Å². The third kappa shape index (κ3) is 12.7. The quantitative estimate of drug-likeness (QED) is 0.107. The fourth-order valence-corrected chi connectivity index (χ4v) is 17.6. The minimum Gasteiger partial charge on any atom is -0.311 e. The molecule has 18 aromatic rings. The predicted octanol–water partition coefficient (Wildman–Crippen LogP) is 28.1. The van der Waals surface area contributed by atoms with Crippen LogP contribution in [0.1, 0.15) is 52.7 Å². The summed E-state index contributed by atoms with van der Waals surface area (Å²) >= 11 is 0. The summed E-state index contributed by atoms with van der Waals surface area (Å²) in [6, 6.07) is 150. The van der Waals surface area contributed by atoms with Gasteiger partial charge in [0.2, 0.25) is 0 Å². The van der Waals surface area contributed by atoms with Gasteiger partial charge in [0.15, 0.2) is 0 Å². The van der Waals surface area contributed by atoms with Crippen LogP contribution in [0, 0.1) is 0 Å². The first kappa shape index (κ1) is 69.4.